The van der Waals surface area contributed by atoms with E-state index in [1.54, 1.807) is 31.4 Å². The zero-order chi connectivity index (χ0) is 12.3. The molecule has 1 aromatic carbocycles. The topological polar surface area (TPSA) is 58.6 Å². The number of hydrogen-bond acceptors (Lipinski definition) is 3. The Hall–Kier alpha value is -2.04. The molecule has 0 aliphatic carbocycles. The summed E-state index contributed by atoms with van der Waals surface area (Å²) >= 11 is 0. The van der Waals surface area contributed by atoms with Crippen LogP contribution in [0.5, 0.6) is 5.75 Å². The van der Waals surface area contributed by atoms with Crippen molar-refractivity contribution in [2.75, 3.05) is 26.7 Å². The first-order chi connectivity index (χ1) is 8.20. The molecule has 5 heteroatoms. The second-order valence-corrected chi connectivity index (χ2v) is 3.81. The molecule has 0 unspecified atom stereocenters. The minimum absolute atomic E-state index is 0.118. The first kappa shape index (κ1) is 11.4. The van der Waals surface area contributed by atoms with Crippen molar-refractivity contribution >= 4 is 11.8 Å². The standard InChI is InChI=1S/C12H14N2O3/c1-17-10-4-2-3-9(7-10)12(16)14-6-5-13-11(15)8-14/h2-4,7H,5-6,8H2,1H3,(H,13,15). The summed E-state index contributed by atoms with van der Waals surface area (Å²) in [5.74, 6) is 0.378. The Balaban J connectivity index is 2.15. The molecule has 1 aliphatic heterocycles. The number of benzene rings is 1. The van der Waals surface area contributed by atoms with Crippen LogP contribution in [0.3, 0.4) is 0 Å². The first-order valence-corrected chi connectivity index (χ1v) is 5.41. The maximum atomic E-state index is 12.1. The van der Waals surface area contributed by atoms with Gasteiger partial charge >= 0.3 is 0 Å². The highest BCUT2D eigenvalue weighted by Crippen LogP contribution is 2.14. The second-order valence-electron chi connectivity index (χ2n) is 3.81. The number of amides is 2. The maximum absolute atomic E-state index is 12.1. The Kier molecular flexibility index (Phi) is 3.27. The van der Waals surface area contributed by atoms with Crippen LogP contribution in [-0.4, -0.2) is 43.5 Å². The number of nitrogens with one attached hydrogen (secondary N) is 1. The average Bonchev–Trinajstić information content (AvgIpc) is 2.38. The molecule has 1 saturated heterocycles. The minimum atomic E-state index is -0.140. The summed E-state index contributed by atoms with van der Waals surface area (Å²) in [5.41, 5.74) is 0.541. The third-order valence-corrected chi connectivity index (χ3v) is 2.64. The van der Waals surface area contributed by atoms with Crippen molar-refractivity contribution in [2.24, 2.45) is 0 Å². The van der Waals surface area contributed by atoms with Gasteiger partial charge in [-0.25, -0.2) is 0 Å². The molecular weight excluding hydrogens is 220 g/mol. The van der Waals surface area contributed by atoms with E-state index in [4.69, 9.17) is 4.74 Å². The van der Waals surface area contributed by atoms with Gasteiger partial charge in [-0.05, 0) is 18.2 Å². The van der Waals surface area contributed by atoms with Crippen molar-refractivity contribution < 1.29 is 14.3 Å². The monoisotopic (exact) mass is 234 g/mol. The Morgan fingerprint density at radius 2 is 2.29 bits per heavy atom. The first-order valence-electron chi connectivity index (χ1n) is 5.41. The molecule has 0 bridgehead atoms. The maximum Gasteiger partial charge on any atom is 0.254 e. The predicted octanol–water partition coefficient (Wildman–Crippen LogP) is 0.267. The van der Waals surface area contributed by atoms with Gasteiger partial charge in [-0.3, -0.25) is 9.59 Å². The number of ether oxygens (including phenoxy) is 1. The van der Waals surface area contributed by atoms with Crippen molar-refractivity contribution in [2.45, 2.75) is 0 Å². The number of piperazine rings is 1. The van der Waals surface area contributed by atoms with E-state index in [0.717, 1.165) is 0 Å². The SMILES string of the molecule is COc1cccc(C(=O)N2CCNC(=O)C2)c1. The predicted molar refractivity (Wildman–Crippen MR) is 61.9 cm³/mol. The number of hydrogen-bond donors (Lipinski definition) is 1. The van der Waals surface area contributed by atoms with E-state index in [1.807, 2.05) is 0 Å². The molecule has 0 aromatic heterocycles. The van der Waals surface area contributed by atoms with Crippen LogP contribution >= 0.6 is 0 Å². The summed E-state index contributed by atoms with van der Waals surface area (Å²) in [4.78, 5) is 24.8. The number of nitrogens with zero attached hydrogens (tertiary/aromatic N) is 1. The van der Waals surface area contributed by atoms with E-state index in [2.05, 4.69) is 5.32 Å². The van der Waals surface area contributed by atoms with Gasteiger partial charge in [0, 0.05) is 18.7 Å². The zero-order valence-corrected chi connectivity index (χ0v) is 9.60. The van der Waals surface area contributed by atoms with Crippen LogP contribution < -0.4 is 10.1 Å². The largest absolute Gasteiger partial charge is 0.497 e. The number of carbonyl (C=O) groups excluding carboxylic acids is 2. The summed E-state index contributed by atoms with van der Waals surface area (Å²) < 4.78 is 5.06. The van der Waals surface area contributed by atoms with Crippen molar-refractivity contribution in [3.8, 4) is 5.75 Å². The van der Waals surface area contributed by atoms with Crippen LogP contribution in [0, 0.1) is 0 Å². The van der Waals surface area contributed by atoms with Crippen molar-refractivity contribution in [1.82, 2.24) is 10.2 Å². The van der Waals surface area contributed by atoms with E-state index < -0.39 is 0 Å². The van der Waals surface area contributed by atoms with E-state index in [0.29, 0.717) is 24.4 Å². The van der Waals surface area contributed by atoms with E-state index in [9.17, 15) is 9.59 Å². The molecule has 0 spiro atoms. The second kappa shape index (κ2) is 4.86. The van der Waals surface area contributed by atoms with E-state index >= 15 is 0 Å². The molecule has 1 fully saturated rings. The average molecular weight is 234 g/mol. The molecule has 1 aromatic rings. The van der Waals surface area contributed by atoms with Crippen LogP contribution in [0.15, 0.2) is 24.3 Å². The van der Waals surface area contributed by atoms with Crippen molar-refractivity contribution in [1.29, 1.82) is 0 Å². The molecule has 2 amide bonds. The smallest absolute Gasteiger partial charge is 0.254 e. The van der Waals surface area contributed by atoms with Gasteiger partial charge < -0.3 is 15.0 Å². The third kappa shape index (κ3) is 2.55. The van der Waals surface area contributed by atoms with Gasteiger partial charge in [0.15, 0.2) is 0 Å². The molecule has 2 rings (SSSR count). The van der Waals surface area contributed by atoms with Gasteiger partial charge in [-0.15, -0.1) is 0 Å². The number of rotatable bonds is 2. The molecule has 1 N–H and O–H groups in total. The molecule has 90 valence electrons. The van der Waals surface area contributed by atoms with Crippen LogP contribution in [0.2, 0.25) is 0 Å². The van der Waals surface area contributed by atoms with Crippen LogP contribution in [0.4, 0.5) is 0 Å². The fraction of sp³-hybridized carbons (Fsp3) is 0.333. The van der Waals surface area contributed by atoms with Gasteiger partial charge in [0.25, 0.3) is 5.91 Å². The lowest BCUT2D eigenvalue weighted by Gasteiger charge is -2.26. The summed E-state index contributed by atoms with van der Waals surface area (Å²) in [6.07, 6.45) is 0. The molecule has 1 aliphatic rings. The Labute approximate surface area is 99.4 Å². The molecule has 1 heterocycles. The highest BCUT2D eigenvalue weighted by molar-refractivity contribution is 5.97. The summed E-state index contributed by atoms with van der Waals surface area (Å²) in [6, 6.07) is 6.93. The van der Waals surface area contributed by atoms with E-state index in [-0.39, 0.29) is 18.4 Å². The lowest BCUT2D eigenvalue weighted by atomic mass is 10.1. The van der Waals surface area contributed by atoms with Crippen LogP contribution in [0.1, 0.15) is 10.4 Å². The molecule has 0 atom stereocenters. The van der Waals surface area contributed by atoms with Crippen LogP contribution in [0.25, 0.3) is 0 Å². The third-order valence-electron chi connectivity index (χ3n) is 2.64. The molecule has 0 radical (unpaired) electrons. The number of methoxy groups -OCH3 is 1. The van der Waals surface area contributed by atoms with Gasteiger partial charge in [-0.2, -0.15) is 0 Å². The van der Waals surface area contributed by atoms with Crippen molar-refractivity contribution in [3.63, 3.8) is 0 Å². The molecule has 5 nitrogen and oxygen atoms in total. The summed E-state index contributed by atoms with van der Waals surface area (Å²) in [5, 5.41) is 2.68. The highest BCUT2D eigenvalue weighted by atomic mass is 16.5. The zero-order valence-electron chi connectivity index (χ0n) is 9.60. The number of carbonyl (C=O) groups is 2. The summed E-state index contributed by atoms with van der Waals surface area (Å²) in [7, 11) is 1.55. The van der Waals surface area contributed by atoms with E-state index in [1.165, 1.54) is 4.90 Å². The Morgan fingerprint density at radius 1 is 1.47 bits per heavy atom. The quantitative estimate of drug-likeness (QED) is 0.799. The Bertz CT molecular complexity index is 445. The van der Waals surface area contributed by atoms with Gasteiger partial charge in [-0.1, -0.05) is 6.07 Å². The normalized spacial score (nSPS) is 15.4. The minimum Gasteiger partial charge on any atom is -0.497 e. The molecule has 0 saturated carbocycles. The lowest BCUT2D eigenvalue weighted by Crippen LogP contribution is -2.49. The Morgan fingerprint density at radius 3 is 3.00 bits per heavy atom. The fourth-order valence-corrected chi connectivity index (χ4v) is 1.75. The van der Waals surface area contributed by atoms with Gasteiger partial charge in [0.05, 0.1) is 13.7 Å². The molecular formula is C12H14N2O3. The van der Waals surface area contributed by atoms with Gasteiger partial charge in [0.2, 0.25) is 5.91 Å². The fourth-order valence-electron chi connectivity index (χ4n) is 1.75. The van der Waals surface area contributed by atoms with Crippen molar-refractivity contribution in [3.05, 3.63) is 29.8 Å². The van der Waals surface area contributed by atoms with Crippen LogP contribution in [-0.2, 0) is 4.79 Å². The lowest BCUT2D eigenvalue weighted by molar-refractivity contribution is -0.123. The highest BCUT2D eigenvalue weighted by Gasteiger charge is 2.22. The summed E-state index contributed by atoms with van der Waals surface area (Å²) in [6.45, 7) is 1.17. The molecule has 17 heavy (non-hydrogen) atoms. The van der Waals surface area contributed by atoms with Gasteiger partial charge in [0.1, 0.15) is 5.75 Å².